The van der Waals surface area contributed by atoms with Crippen LogP contribution in [-0.4, -0.2) is 24.3 Å². The summed E-state index contributed by atoms with van der Waals surface area (Å²) in [7, 11) is 1.46. The maximum atomic E-state index is 12.1. The van der Waals surface area contributed by atoms with Crippen molar-refractivity contribution in [2.75, 3.05) is 7.11 Å². The number of methoxy groups -OCH3 is 1. The predicted molar refractivity (Wildman–Crippen MR) is 92.8 cm³/mol. The van der Waals surface area contributed by atoms with Gasteiger partial charge in [0.05, 0.1) is 19.6 Å². The quantitative estimate of drug-likeness (QED) is 0.781. The van der Waals surface area contributed by atoms with Crippen molar-refractivity contribution in [3.05, 3.63) is 64.7 Å². The number of rotatable bonds is 7. The summed E-state index contributed by atoms with van der Waals surface area (Å²) in [5, 5.41) is 12.1. The molecule has 1 amide bonds. The highest BCUT2D eigenvalue weighted by molar-refractivity contribution is 6.30. The van der Waals surface area contributed by atoms with Crippen molar-refractivity contribution in [2.24, 2.45) is 0 Å². The summed E-state index contributed by atoms with van der Waals surface area (Å²) in [6.45, 7) is 0.0825. The van der Waals surface area contributed by atoms with Crippen LogP contribution in [-0.2, 0) is 16.1 Å². The van der Waals surface area contributed by atoms with Gasteiger partial charge in [-0.3, -0.25) is 4.79 Å². The normalized spacial score (nSPS) is 11.4. The molecule has 0 heterocycles. The zero-order valence-corrected chi connectivity index (χ0v) is 14.3. The van der Waals surface area contributed by atoms with E-state index in [9.17, 15) is 9.59 Å². The van der Waals surface area contributed by atoms with E-state index in [1.807, 2.05) is 30.3 Å². The van der Waals surface area contributed by atoms with Gasteiger partial charge in [-0.1, -0.05) is 41.9 Å². The molecular weight excluding hydrogens is 346 g/mol. The van der Waals surface area contributed by atoms with E-state index in [-0.39, 0.29) is 13.0 Å². The molecule has 0 spiro atoms. The van der Waals surface area contributed by atoms with Crippen LogP contribution in [0.1, 0.15) is 23.6 Å². The molecule has 0 aromatic heterocycles. The third-order valence-corrected chi connectivity index (χ3v) is 3.69. The van der Waals surface area contributed by atoms with E-state index in [2.05, 4.69) is 5.32 Å². The first-order valence-electron chi connectivity index (χ1n) is 7.52. The van der Waals surface area contributed by atoms with Crippen LogP contribution in [0.25, 0.3) is 0 Å². The number of benzene rings is 2. The minimum absolute atomic E-state index is 0.0825. The smallest absolute Gasteiger partial charge is 0.407 e. The summed E-state index contributed by atoms with van der Waals surface area (Å²) in [5.41, 5.74) is 1.29. The molecule has 132 valence electrons. The Labute approximate surface area is 150 Å². The number of carboxylic acid groups (broad SMARTS) is 1. The van der Waals surface area contributed by atoms with Crippen molar-refractivity contribution in [1.29, 1.82) is 0 Å². The highest BCUT2D eigenvalue weighted by Crippen LogP contribution is 2.30. The summed E-state index contributed by atoms with van der Waals surface area (Å²) < 4.78 is 10.4. The van der Waals surface area contributed by atoms with Crippen molar-refractivity contribution in [2.45, 2.75) is 19.1 Å². The standard InChI is InChI=1S/C18H18ClNO5/c1-24-16-8-7-13(19)9-14(16)15(10-17(21)22)20-18(23)25-11-12-5-3-2-4-6-12/h2-9,15H,10-11H2,1H3,(H,20,23)(H,21,22)/t15-/m1/s1. The first kappa shape index (κ1) is 18.6. The Balaban J connectivity index is 2.11. The lowest BCUT2D eigenvalue weighted by Crippen LogP contribution is -2.31. The average molecular weight is 364 g/mol. The van der Waals surface area contributed by atoms with Gasteiger partial charge in [0.2, 0.25) is 0 Å². The lowest BCUT2D eigenvalue weighted by molar-refractivity contribution is -0.137. The second-order valence-corrected chi connectivity index (χ2v) is 5.68. The molecule has 2 aromatic carbocycles. The minimum atomic E-state index is -1.07. The van der Waals surface area contributed by atoms with Crippen LogP contribution < -0.4 is 10.1 Å². The number of amides is 1. The van der Waals surface area contributed by atoms with Gasteiger partial charge in [0.15, 0.2) is 0 Å². The summed E-state index contributed by atoms with van der Waals surface area (Å²) in [5.74, 6) is -0.644. The second-order valence-electron chi connectivity index (χ2n) is 5.24. The second kappa shape index (κ2) is 8.94. The number of halogens is 1. The van der Waals surface area contributed by atoms with E-state index in [0.29, 0.717) is 16.3 Å². The zero-order chi connectivity index (χ0) is 18.2. The molecule has 25 heavy (non-hydrogen) atoms. The Morgan fingerprint density at radius 1 is 1.20 bits per heavy atom. The molecule has 2 aromatic rings. The number of carboxylic acids is 1. The van der Waals surface area contributed by atoms with Crippen LogP contribution in [0.5, 0.6) is 5.75 Å². The predicted octanol–water partition coefficient (Wildman–Crippen LogP) is 3.79. The monoisotopic (exact) mass is 363 g/mol. The van der Waals surface area contributed by atoms with Crippen molar-refractivity contribution < 1.29 is 24.2 Å². The van der Waals surface area contributed by atoms with Gasteiger partial charge < -0.3 is 19.9 Å². The Morgan fingerprint density at radius 2 is 1.92 bits per heavy atom. The van der Waals surface area contributed by atoms with Crippen LogP contribution in [0.2, 0.25) is 5.02 Å². The molecule has 7 heteroatoms. The number of hydrogen-bond acceptors (Lipinski definition) is 4. The highest BCUT2D eigenvalue weighted by atomic mass is 35.5. The molecule has 0 saturated carbocycles. The van der Waals surface area contributed by atoms with Crippen LogP contribution in [0.15, 0.2) is 48.5 Å². The van der Waals surface area contributed by atoms with E-state index in [1.165, 1.54) is 7.11 Å². The number of carbonyl (C=O) groups excluding carboxylic acids is 1. The van der Waals surface area contributed by atoms with Crippen LogP contribution in [0, 0.1) is 0 Å². The number of aliphatic carboxylic acids is 1. The fourth-order valence-corrected chi connectivity index (χ4v) is 2.48. The van der Waals surface area contributed by atoms with Gasteiger partial charge in [0.1, 0.15) is 12.4 Å². The van der Waals surface area contributed by atoms with Gasteiger partial charge in [-0.25, -0.2) is 4.79 Å². The van der Waals surface area contributed by atoms with Gasteiger partial charge >= 0.3 is 12.1 Å². The third kappa shape index (κ3) is 5.69. The molecular formula is C18H18ClNO5. The zero-order valence-electron chi connectivity index (χ0n) is 13.6. The van der Waals surface area contributed by atoms with Crippen LogP contribution in [0.4, 0.5) is 4.79 Å². The van der Waals surface area contributed by atoms with Crippen molar-refractivity contribution in [3.63, 3.8) is 0 Å². The summed E-state index contributed by atoms with van der Waals surface area (Å²) >= 11 is 5.99. The number of carbonyl (C=O) groups is 2. The Hall–Kier alpha value is -2.73. The van der Waals surface area contributed by atoms with Gasteiger partial charge in [0.25, 0.3) is 0 Å². The maximum Gasteiger partial charge on any atom is 0.407 e. The molecule has 1 atom stereocenters. The molecule has 0 saturated heterocycles. The van der Waals surface area contributed by atoms with E-state index in [0.717, 1.165) is 5.56 Å². The van der Waals surface area contributed by atoms with Gasteiger partial charge in [-0.15, -0.1) is 0 Å². The topological polar surface area (TPSA) is 84.9 Å². The molecule has 0 unspecified atom stereocenters. The molecule has 0 radical (unpaired) electrons. The number of hydrogen-bond donors (Lipinski definition) is 2. The van der Waals surface area contributed by atoms with Crippen molar-refractivity contribution in [1.82, 2.24) is 5.32 Å². The largest absolute Gasteiger partial charge is 0.496 e. The van der Waals surface area contributed by atoms with Gasteiger partial charge in [-0.05, 0) is 23.8 Å². The first-order valence-corrected chi connectivity index (χ1v) is 7.90. The SMILES string of the molecule is COc1ccc(Cl)cc1[C@@H](CC(=O)O)NC(=O)OCc1ccccc1. The maximum absolute atomic E-state index is 12.1. The Kier molecular flexibility index (Phi) is 6.65. The van der Waals surface area contributed by atoms with Crippen molar-refractivity contribution in [3.8, 4) is 5.75 Å². The lowest BCUT2D eigenvalue weighted by atomic mass is 10.0. The number of nitrogens with one attached hydrogen (secondary N) is 1. The van der Waals surface area contributed by atoms with E-state index >= 15 is 0 Å². The number of alkyl carbamates (subject to hydrolysis) is 1. The molecule has 0 aliphatic rings. The highest BCUT2D eigenvalue weighted by Gasteiger charge is 2.22. The van der Waals surface area contributed by atoms with E-state index in [1.54, 1.807) is 18.2 Å². The van der Waals surface area contributed by atoms with E-state index in [4.69, 9.17) is 26.2 Å². The van der Waals surface area contributed by atoms with Crippen LogP contribution >= 0.6 is 11.6 Å². The molecule has 6 nitrogen and oxygen atoms in total. The molecule has 0 fully saturated rings. The van der Waals surface area contributed by atoms with Gasteiger partial charge in [0, 0.05) is 10.6 Å². The molecule has 0 aliphatic heterocycles. The Morgan fingerprint density at radius 3 is 2.56 bits per heavy atom. The fraction of sp³-hybridized carbons (Fsp3) is 0.222. The van der Waals surface area contributed by atoms with E-state index < -0.39 is 18.1 Å². The molecule has 2 N–H and O–H groups in total. The minimum Gasteiger partial charge on any atom is -0.496 e. The Bertz CT molecular complexity index is 736. The first-order chi connectivity index (χ1) is 12.0. The lowest BCUT2D eigenvalue weighted by Gasteiger charge is -2.20. The molecule has 2 rings (SSSR count). The van der Waals surface area contributed by atoms with Crippen molar-refractivity contribution >= 4 is 23.7 Å². The molecule has 0 aliphatic carbocycles. The van der Waals surface area contributed by atoms with Crippen LogP contribution in [0.3, 0.4) is 0 Å². The average Bonchev–Trinajstić information content (AvgIpc) is 2.60. The number of ether oxygens (including phenoxy) is 2. The van der Waals surface area contributed by atoms with Gasteiger partial charge in [-0.2, -0.15) is 0 Å². The molecule has 0 bridgehead atoms. The third-order valence-electron chi connectivity index (χ3n) is 3.45. The summed E-state index contributed by atoms with van der Waals surface area (Å²) in [6, 6.07) is 13.1. The summed E-state index contributed by atoms with van der Waals surface area (Å²) in [6.07, 6.45) is -1.06. The fourth-order valence-electron chi connectivity index (χ4n) is 2.30. The summed E-state index contributed by atoms with van der Waals surface area (Å²) in [4.78, 5) is 23.2.